The molecule has 1 N–H and O–H groups in total. The van der Waals surface area contributed by atoms with E-state index in [0.29, 0.717) is 5.56 Å². The molecule has 0 aliphatic heterocycles. The van der Waals surface area contributed by atoms with E-state index in [1.54, 1.807) is 12.3 Å². The zero-order valence-electron chi connectivity index (χ0n) is 10.1. The molecule has 2 rings (SSSR count). The van der Waals surface area contributed by atoms with Gasteiger partial charge in [0.1, 0.15) is 0 Å². The Hall–Kier alpha value is -1.82. The Balaban J connectivity index is 2.76. The number of aromatic nitrogens is 1. The van der Waals surface area contributed by atoms with Gasteiger partial charge in [-0.3, -0.25) is 9.36 Å². The third-order valence-corrected chi connectivity index (χ3v) is 3.35. The summed E-state index contributed by atoms with van der Waals surface area (Å²) in [5.74, 6) is -0.142. The number of carbonyl (C=O) groups excluding carboxylic acids is 1. The fraction of sp³-hybridized carbons (Fsp3) is 0.250. The number of aliphatic hydroxyl groups is 1. The van der Waals surface area contributed by atoms with Crippen molar-refractivity contribution in [3.63, 3.8) is 0 Å². The molecule has 6 nitrogen and oxygen atoms in total. The van der Waals surface area contributed by atoms with Crippen LogP contribution in [-0.4, -0.2) is 22.2 Å². The van der Waals surface area contributed by atoms with Crippen LogP contribution in [0.4, 0.5) is 0 Å². The van der Waals surface area contributed by atoms with Gasteiger partial charge in [0, 0.05) is 27.9 Å². The zero-order valence-corrected chi connectivity index (χ0v) is 11.7. The molecule has 0 radical (unpaired) electrons. The number of azide groups is 1. The van der Waals surface area contributed by atoms with E-state index in [2.05, 4.69) is 26.0 Å². The molecule has 2 aromatic rings. The number of rotatable bonds is 3. The molecule has 0 saturated heterocycles. The van der Waals surface area contributed by atoms with E-state index in [4.69, 9.17) is 5.53 Å². The first kappa shape index (κ1) is 13.6. The van der Waals surface area contributed by atoms with Crippen molar-refractivity contribution in [1.82, 2.24) is 4.57 Å². The molecule has 1 heterocycles. The summed E-state index contributed by atoms with van der Waals surface area (Å²) in [4.78, 5) is 14.3. The van der Waals surface area contributed by atoms with Crippen LogP contribution >= 0.6 is 15.9 Å². The zero-order chi connectivity index (χ0) is 14.0. The summed E-state index contributed by atoms with van der Waals surface area (Å²) in [6, 6.07) is 4.75. The minimum atomic E-state index is -0.706. The maximum absolute atomic E-state index is 11.6. The van der Waals surface area contributed by atoms with Crippen LogP contribution in [0.1, 0.15) is 23.3 Å². The van der Waals surface area contributed by atoms with Gasteiger partial charge in [0.15, 0.2) is 0 Å². The van der Waals surface area contributed by atoms with Crippen LogP contribution in [0.3, 0.4) is 0 Å². The lowest BCUT2D eigenvalue weighted by molar-refractivity contribution is 0.0941. The SMILES string of the molecule is CC(=O)n1cc([C@@H](CO)N=[N+]=[N-])c2cc(Br)ccc21. The van der Waals surface area contributed by atoms with E-state index >= 15 is 0 Å². The second kappa shape index (κ2) is 5.44. The van der Waals surface area contributed by atoms with Gasteiger partial charge < -0.3 is 5.11 Å². The van der Waals surface area contributed by atoms with Gasteiger partial charge in [0.05, 0.1) is 18.2 Å². The molecule has 0 unspecified atom stereocenters. The number of hydrogen-bond donors (Lipinski definition) is 1. The minimum absolute atomic E-state index is 0.142. The number of halogens is 1. The van der Waals surface area contributed by atoms with E-state index in [1.165, 1.54) is 11.5 Å². The van der Waals surface area contributed by atoms with Gasteiger partial charge >= 0.3 is 0 Å². The van der Waals surface area contributed by atoms with Crippen LogP contribution in [-0.2, 0) is 0 Å². The van der Waals surface area contributed by atoms with Gasteiger partial charge in [-0.25, -0.2) is 0 Å². The highest BCUT2D eigenvalue weighted by atomic mass is 79.9. The summed E-state index contributed by atoms with van der Waals surface area (Å²) >= 11 is 3.36. The highest BCUT2D eigenvalue weighted by Crippen LogP contribution is 2.31. The summed E-state index contributed by atoms with van der Waals surface area (Å²) in [7, 11) is 0. The average molecular weight is 323 g/mol. The Labute approximate surface area is 117 Å². The number of benzene rings is 1. The topological polar surface area (TPSA) is 91.0 Å². The second-order valence-corrected chi connectivity index (χ2v) is 4.95. The molecule has 0 aliphatic carbocycles. The van der Waals surface area contributed by atoms with Crippen molar-refractivity contribution in [1.29, 1.82) is 0 Å². The third kappa shape index (κ3) is 2.49. The molecule has 0 spiro atoms. The van der Waals surface area contributed by atoms with Crippen molar-refractivity contribution < 1.29 is 9.90 Å². The van der Waals surface area contributed by atoms with E-state index < -0.39 is 6.04 Å². The van der Waals surface area contributed by atoms with Gasteiger partial charge in [-0.15, -0.1) is 0 Å². The van der Waals surface area contributed by atoms with E-state index in [9.17, 15) is 9.90 Å². The summed E-state index contributed by atoms with van der Waals surface area (Å²) in [6.07, 6.45) is 1.61. The van der Waals surface area contributed by atoms with Gasteiger partial charge in [-0.1, -0.05) is 21.0 Å². The van der Waals surface area contributed by atoms with Crippen LogP contribution in [0.15, 0.2) is 34.0 Å². The molecule has 98 valence electrons. The van der Waals surface area contributed by atoms with E-state index in [-0.39, 0.29) is 12.5 Å². The largest absolute Gasteiger partial charge is 0.396 e. The number of aliphatic hydroxyl groups excluding tert-OH is 1. The van der Waals surface area contributed by atoms with Crippen LogP contribution in [0, 0.1) is 0 Å². The highest BCUT2D eigenvalue weighted by Gasteiger charge is 2.17. The molecular formula is C12H11BrN4O2. The number of nitrogens with zero attached hydrogens (tertiary/aromatic N) is 4. The van der Waals surface area contributed by atoms with Crippen LogP contribution in [0.25, 0.3) is 21.3 Å². The van der Waals surface area contributed by atoms with Crippen LogP contribution in [0.5, 0.6) is 0 Å². The molecule has 0 saturated carbocycles. The smallest absolute Gasteiger partial charge is 0.227 e. The summed E-state index contributed by atoms with van der Waals surface area (Å²) in [5, 5.41) is 13.6. The number of carbonyl (C=O) groups is 1. The highest BCUT2D eigenvalue weighted by molar-refractivity contribution is 9.10. The predicted molar refractivity (Wildman–Crippen MR) is 74.9 cm³/mol. The summed E-state index contributed by atoms with van der Waals surface area (Å²) < 4.78 is 2.33. The summed E-state index contributed by atoms with van der Waals surface area (Å²) in [5.41, 5.74) is 9.89. The predicted octanol–water partition coefficient (Wildman–Crippen LogP) is 3.41. The Bertz CT molecular complexity index is 688. The van der Waals surface area contributed by atoms with Crippen molar-refractivity contribution >= 4 is 32.7 Å². The van der Waals surface area contributed by atoms with Gasteiger partial charge in [-0.2, -0.15) is 0 Å². The molecular weight excluding hydrogens is 312 g/mol. The first-order chi connectivity index (χ1) is 9.08. The molecule has 1 atom stereocenters. The third-order valence-electron chi connectivity index (χ3n) is 2.86. The lowest BCUT2D eigenvalue weighted by Gasteiger charge is -2.05. The van der Waals surface area contributed by atoms with Crippen molar-refractivity contribution in [2.45, 2.75) is 13.0 Å². The van der Waals surface area contributed by atoms with Gasteiger partial charge in [-0.05, 0) is 29.3 Å². The fourth-order valence-electron chi connectivity index (χ4n) is 2.01. The molecule has 0 fully saturated rings. The second-order valence-electron chi connectivity index (χ2n) is 4.04. The first-order valence-corrected chi connectivity index (χ1v) is 6.34. The van der Waals surface area contributed by atoms with Gasteiger partial charge in [0.25, 0.3) is 0 Å². The quantitative estimate of drug-likeness (QED) is 0.533. The first-order valence-electron chi connectivity index (χ1n) is 5.55. The normalized spacial score (nSPS) is 12.2. The molecule has 7 heteroatoms. The number of fused-ring (bicyclic) bond motifs is 1. The Morgan fingerprint density at radius 3 is 2.95 bits per heavy atom. The molecule has 0 aliphatic rings. The van der Waals surface area contributed by atoms with E-state index in [0.717, 1.165) is 15.4 Å². The molecule has 0 bridgehead atoms. The van der Waals surface area contributed by atoms with Crippen LogP contribution < -0.4 is 0 Å². The Morgan fingerprint density at radius 2 is 2.37 bits per heavy atom. The fourth-order valence-corrected chi connectivity index (χ4v) is 2.37. The van der Waals surface area contributed by atoms with Crippen molar-refractivity contribution in [3.8, 4) is 0 Å². The maximum Gasteiger partial charge on any atom is 0.227 e. The molecule has 19 heavy (non-hydrogen) atoms. The monoisotopic (exact) mass is 322 g/mol. The standard InChI is InChI=1S/C12H11BrN4O2/c1-7(19)17-5-10(11(6-18)15-16-14)9-4-8(13)2-3-12(9)17/h2-5,11,18H,6H2,1H3/t11-/m1/s1. The Kier molecular flexibility index (Phi) is 3.90. The van der Waals surface area contributed by atoms with Crippen molar-refractivity contribution in [2.75, 3.05) is 6.61 Å². The molecule has 0 amide bonds. The number of hydrogen-bond acceptors (Lipinski definition) is 3. The van der Waals surface area contributed by atoms with Gasteiger partial charge in [0.2, 0.25) is 5.91 Å². The maximum atomic E-state index is 11.6. The molecule has 1 aromatic heterocycles. The van der Waals surface area contributed by atoms with Crippen molar-refractivity contribution in [3.05, 3.63) is 44.9 Å². The lowest BCUT2D eigenvalue weighted by atomic mass is 10.1. The van der Waals surface area contributed by atoms with Crippen molar-refractivity contribution in [2.24, 2.45) is 5.11 Å². The minimum Gasteiger partial charge on any atom is -0.396 e. The molecule has 1 aromatic carbocycles. The summed E-state index contributed by atoms with van der Waals surface area (Å²) in [6.45, 7) is 1.14. The average Bonchev–Trinajstić information content (AvgIpc) is 2.74. The Morgan fingerprint density at radius 1 is 1.63 bits per heavy atom. The lowest BCUT2D eigenvalue weighted by Crippen LogP contribution is -2.03. The van der Waals surface area contributed by atoms with E-state index in [1.807, 2.05) is 12.1 Å². The van der Waals surface area contributed by atoms with Crippen LogP contribution in [0.2, 0.25) is 0 Å².